The summed E-state index contributed by atoms with van der Waals surface area (Å²) in [5, 5.41) is 2.88. The topological polar surface area (TPSA) is 61.9 Å². The summed E-state index contributed by atoms with van der Waals surface area (Å²) < 4.78 is 20.0. The smallest absolute Gasteiger partial charge is 0.245 e. The number of hydrogen-bond donors (Lipinski definition) is 1. The molecule has 0 saturated carbocycles. The van der Waals surface area contributed by atoms with Crippen molar-refractivity contribution >= 4 is 34.8 Å². The molecule has 2 heterocycles. The third-order valence-electron chi connectivity index (χ3n) is 5.01. The van der Waals surface area contributed by atoms with Crippen LogP contribution in [0.15, 0.2) is 24.8 Å². The van der Waals surface area contributed by atoms with Crippen molar-refractivity contribution in [1.29, 1.82) is 0 Å². The molecule has 1 N–H and O–H groups in total. The molecule has 0 aliphatic carbocycles. The van der Waals surface area contributed by atoms with Gasteiger partial charge in [0.2, 0.25) is 11.8 Å². The lowest BCUT2D eigenvalue weighted by Gasteiger charge is -2.32. The fraction of sp³-hybridized carbons (Fsp3) is 0.474. The van der Waals surface area contributed by atoms with Crippen LogP contribution < -0.4 is 10.2 Å². The lowest BCUT2D eigenvalue weighted by atomic mass is 9.95. The van der Waals surface area contributed by atoms with E-state index >= 15 is 0 Å². The number of nitrogens with zero attached hydrogens (tertiary/aromatic N) is 2. The standard InChI is InChI=1S/C19H23ClFN3O3/c1-2-16(25)23-7-5-13(6-8-23)19(26)22-15-4-3-14(20)17(21)18(15)24-9-11-27-12-10-24/h2-4,13H,1,5-12H2,(H,22,26). The van der Waals surface area contributed by atoms with Crippen molar-refractivity contribution in [2.75, 3.05) is 49.6 Å². The van der Waals surface area contributed by atoms with Gasteiger partial charge in [0.25, 0.3) is 0 Å². The maximum absolute atomic E-state index is 14.7. The van der Waals surface area contributed by atoms with E-state index in [0.717, 1.165) is 0 Å². The maximum atomic E-state index is 14.7. The Balaban J connectivity index is 1.72. The first kappa shape index (κ1) is 19.6. The fourth-order valence-electron chi connectivity index (χ4n) is 3.46. The molecule has 0 bridgehead atoms. The molecule has 0 spiro atoms. The minimum Gasteiger partial charge on any atom is -0.378 e. The van der Waals surface area contributed by atoms with Crippen molar-refractivity contribution < 1.29 is 18.7 Å². The van der Waals surface area contributed by atoms with Crippen molar-refractivity contribution in [3.05, 3.63) is 35.6 Å². The highest BCUT2D eigenvalue weighted by atomic mass is 35.5. The predicted molar refractivity (Wildman–Crippen MR) is 103 cm³/mol. The van der Waals surface area contributed by atoms with Crippen LogP contribution in [0.1, 0.15) is 12.8 Å². The summed E-state index contributed by atoms with van der Waals surface area (Å²) in [6.45, 7) is 6.55. The third kappa shape index (κ3) is 4.42. The number of nitrogens with one attached hydrogen (secondary N) is 1. The normalized spacial score (nSPS) is 18.3. The highest BCUT2D eigenvalue weighted by molar-refractivity contribution is 6.31. The molecular formula is C19H23ClFN3O3. The molecule has 0 atom stereocenters. The Bertz CT molecular complexity index is 729. The van der Waals surface area contributed by atoms with Crippen LogP contribution in [-0.4, -0.2) is 56.1 Å². The number of carbonyl (C=O) groups is 2. The number of morpholine rings is 1. The number of piperidine rings is 1. The first-order valence-electron chi connectivity index (χ1n) is 9.04. The van der Waals surface area contributed by atoms with Crippen LogP contribution in [0.5, 0.6) is 0 Å². The van der Waals surface area contributed by atoms with Gasteiger partial charge in [-0.1, -0.05) is 18.2 Å². The van der Waals surface area contributed by atoms with E-state index in [-0.39, 0.29) is 22.8 Å². The number of amides is 2. The van der Waals surface area contributed by atoms with E-state index in [4.69, 9.17) is 16.3 Å². The summed E-state index contributed by atoms with van der Waals surface area (Å²) in [7, 11) is 0. The minimum absolute atomic E-state index is 0.0192. The average Bonchev–Trinajstić information content (AvgIpc) is 2.71. The molecule has 2 amide bonds. The van der Waals surface area contributed by atoms with Gasteiger partial charge in [-0.05, 0) is 31.1 Å². The van der Waals surface area contributed by atoms with E-state index in [1.54, 1.807) is 11.0 Å². The summed E-state index contributed by atoms with van der Waals surface area (Å²) >= 11 is 5.96. The molecule has 0 unspecified atom stereocenters. The Hall–Kier alpha value is -2.12. The number of halogens is 2. The van der Waals surface area contributed by atoms with E-state index in [0.29, 0.717) is 63.6 Å². The monoisotopic (exact) mass is 395 g/mol. The highest BCUT2D eigenvalue weighted by Crippen LogP contribution is 2.35. The average molecular weight is 396 g/mol. The van der Waals surface area contributed by atoms with E-state index in [1.807, 2.05) is 4.90 Å². The summed E-state index contributed by atoms with van der Waals surface area (Å²) in [5.41, 5.74) is 0.715. The van der Waals surface area contributed by atoms with Crippen molar-refractivity contribution in [2.45, 2.75) is 12.8 Å². The van der Waals surface area contributed by atoms with Gasteiger partial charge in [-0.15, -0.1) is 0 Å². The summed E-state index contributed by atoms with van der Waals surface area (Å²) in [4.78, 5) is 27.9. The Morgan fingerprint density at radius 2 is 1.89 bits per heavy atom. The molecule has 3 rings (SSSR count). The molecule has 8 heteroatoms. The summed E-state index contributed by atoms with van der Waals surface area (Å²) in [5.74, 6) is -1.06. The molecule has 1 aromatic carbocycles. The molecule has 2 aliphatic rings. The van der Waals surface area contributed by atoms with Gasteiger partial charge in [0.15, 0.2) is 5.82 Å². The molecule has 2 saturated heterocycles. The van der Waals surface area contributed by atoms with Gasteiger partial charge in [-0.2, -0.15) is 0 Å². The van der Waals surface area contributed by atoms with Gasteiger partial charge in [0.1, 0.15) is 0 Å². The lowest BCUT2D eigenvalue weighted by molar-refractivity contribution is -0.130. The number of carbonyl (C=O) groups excluding carboxylic acids is 2. The maximum Gasteiger partial charge on any atom is 0.245 e. The second-order valence-electron chi connectivity index (χ2n) is 6.65. The van der Waals surface area contributed by atoms with Crippen molar-refractivity contribution in [1.82, 2.24) is 4.90 Å². The molecular weight excluding hydrogens is 373 g/mol. The first-order chi connectivity index (χ1) is 13.0. The summed E-state index contributed by atoms with van der Waals surface area (Å²) in [6, 6.07) is 3.08. The molecule has 0 radical (unpaired) electrons. The van der Waals surface area contributed by atoms with Crippen LogP contribution in [0.4, 0.5) is 15.8 Å². The highest BCUT2D eigenvalue weighted by Gasteiger charge is 2.28. The van der Waals surface area contributed by atoms with Crippen LogP contribution in [0.25, 0.3) is 0 Å². The van der Waals surface area contributed by atoms with Crippen LogP contribution in [0.2, 0.25) is 5.02 Å². The van der Waals surface area contributed by atoms with Crippen LogP contribution in [0.3, 0.4) is 0 Å². The van der Waals surface area contributed by atoms with Crippen LogP contribution in [0, 0.1) is 11.7 Å². The first-order valence-corrected chi connectivity index (χ1v) is 9.42. The quantitative estimate of drug-likeness (QED) is 0.796. The number of anilines is 2. The zero-order chi connectivity index (χ0) is 19.4. The number of ether oxygens (including phenoxy) is 1. The van der Waals surface area contributed by atoms with Crippen molar-refractivity contribution in [3.8, 4) is 0 Å². The molecule has 146 valence electrons. The van der Waals surface area contributed by atoms with Gasteiger partial charge in [0, 0.05) is 32.1 Å². The Morgan fingerprint density at radius 1 is 1.22 bits per heavy atom. The van der Waals surface area contributed by atoms with Gasteiger partial charge >= 0.3 is 0 Å². The Kier molecular flexibility index (Phi) is 6.34. The van der Waals surface area contributed by atoms with Gasteiger partial charge in [-0.25, -0.2) is 4.39 Å². The molecule has 1 aromatic rings. The van der Waals surface area contributed by atoms with Crippen LogP contribution in [-0.2, 0) is 14.3 Å². The van der Waals surface area contributed by atoms with E-state index in [9.17, 15) is 14.0 Å². The number of likely N-dealkylation sites (tertiary alicyclic amines) is 1. The predicted octanol–water partition coefficient (Wildman–Crippen LogP) is 2.68. The fourth-order valence-corrected chi connectivity index (χ4v) is 3.62. The zero-order valence-corrected chi connectivity index (χ0v) is 15.8. The number of benzene rings is 1. The Morgan fingerprint density at radius 3 is 2.52 bits per heavy atom. The second-order valence-corrected chi connectivity index (χ2v) is 7.06. The van der Waals surface area contributed by atoms with E-state index in [1.165, 1.54) is 12.1 Å². The number of rotatable bonds is 4. The zero-order valence-electron chi connectivity index (χ0n) is 15.0. The lowest BCUT2D eigenvalue weighted by Crippen LogP contribution is -2.41. The number of hydrogen-bond acceptors (Lipinski definition) is 4. The van der Waals surface area contributed by atoms with E-state index in [2.05, 4.69) is 11.9 Å². The molecule has 0 aromatic heterocycles. The molecule has 2 aliphatic heterocycles. The molecule has 27 heavy (non-hydrogen) atoms. The Labute approximate surface area is 162 Å². The van der Waals surface area contributed by atoms with Crippen LogP contribution >= 0.6 is 11.6 Å². The third-order valence-corrected chi connectivity index (χ3v) is 5.30. The van der Waals surface area contributed by atoms with E-state index < -0.39 is 5.82 Å². The largest absolute Gasteiger partial charge is 0.378 e. The van der Waals surface area contributed by atoms with Gasteiger partial charge in [0.05, 0.1) is 29.6 Å². The minimum atomic E-state index is -0.539. The van der Waals surface area contributed by atoms with Crippen molar-refractivity contribution in [2.24, 2.45) is 5.92 Å². The molecule has 2 fully saturated rings. The summed E-state index contributed by atoms with van der Waals surface area (Å²) in [6.07, 6.45) is 2.41. The molecule has 6 nitrogen and oxygen atoms in total. The second kappa shape index (κ2) is 8.71. The van der Waals surface area contributed by atoms with Gasteiger partial charge < -0.3 is 19.9 Å². The SMILES string of the molecule is C=CC(=O)N1CCC(C(=O)Nc2ccc(Cl)c(F)c2N2CCOCC2)CC1. The van der Waals surface area contributed by atoms with Gasteiger partial charge in [-0.3, -0.25) is 9.59 Å². The van der Waals surface area contributed by atoms with Crippen molar-refractivity contribution in [3.63, 3.8) is 0 Å².